The lowest BCUT2D eigenvalue weighted by Crippen LogP contribution is -2.35. The van der Waals surface area contributed by atoms with Gasteiger partial charge in [-0.1, -0.05) is 70.8 Å². The minimum atomic E-state index is -0.595. The number of carbonyl (C=O) groups is 2. The van der Waals surface area contributed by atoms with E-state index in [0.29, 0.717) is 12.2 Å². The second-order valence-electron chi connectivity index (χ2n) is 7.27. The minimum Gasteiger partial charge on any atom is -0.348 e. The Morgan fingerprint density at radius 3 is 1.77 bits per heavy atom. The maximum absolute atomic E-state index is 11.9. The molecular formula is C22H36N2O2. The monoisotopic (exact) mass is 360 g/mol. The third-order valence-corrected chi connectivity index (χ3v) is 4.50. The molecule has 0 aliphatic carbocycles. The van der Waals surface area contributed by atoms with Crippen molar-refractivity contribution in [2.75, 3.05) is 11.9 Å². The number of hydrogen-bond acceptors (Lipinski definition) is 2. The average Bonchev–Trinajstić information content (AvgIpc) is 2.58. The van der Waals surface area contributed by atoms with Crippen molar-refractivity contribution in [1.82, 2.24) is 5.32 Å². The van der Waals surface area contributed by atoms with Gasteiger partial charge in [0.05, 0.1) is 0 Å². The molecule has 0 heterocycles. The third-order valence-electron chi connectivity index (χ3n) is 4.50. The first-order chi connectivity index (χ1) is 12.5. The highest BCUT2D eigenvalue weighted by Crippen LogP contribution is 2.13. The van der Waals surface area contributed by atoms with Gasteiger partial charge in [0.25, 0.3) is 0 Å². The van der Waals surface area contributed by atoms with Crippen LogP contribution in [0, 0.1) is 13.8 Å². The zero-order valence-electron chi connectivity index (χ0n) is 16.8. The second kappa shape index (κ2) is 13.4. The van der Waals surface area contributed by atoms with Crippen LogP contribution in [0.2, 0.25) is 0 Å². The molecule has 0 atom stereocenters. The molecular weight excluding hydrogens is 324 g/mol. The van der Waals surface area contributed by atoms with Gasteiger partial charge in [-0.15, -0.1) is 0 Å². The molecule has 0 saturated carbocycles. The van der Waals surface area contributed by atoms with E-state index in [-0.39, 0.29) is 0 Å². The van der Waals surface area contributed by atoms with Crippen molar-refractivity contribution in [3.63, 3.8) is 0 Å². The Balaban J connectivity index is 2.06. The maximum Gasteiger partial charge on any atom is 0.313 e. The van der Waals surface area contributed by atoms with Crippen LogP contribution < -0.4 is 10.6 Å². The Morgan fingerprint density at radius 1 is 0.731 bits per heavy atom. The summed E-state index contributed by atoms with van der Waals surface area (Å²) in [6, 6.07) is 5.75. The van der Waals surface area contributed by atoms with Gasteiger partial charge < -0.3 is 10.6 Å². The first-order valence-corrected chi connectivity index (χ1v) is 10.2. The van der Waals surface area contributed by atoms with Gasteiger partial charge >= 0.3 is 11.8 Å². The lowest BCUT2D eigenvalue weighted by Gasteiger charge is -2.08. The van der Waals surface area contributed by atoms with Gasteiger partial charge in [-0.2, -0.15) is 0 Å². The van der Waals surface area contributed by atoms with E-state index in [1.54, 1.807) is 0 Å². The first kappa shape index (κ1) is 22.2. The Hall–Kier alpha value is -1.84. The predicted octanol–water partition coefficient (Wildman–Crippen LogP) is 5.28. The summed E-state index contributed by atoms with van der Waals surface area (Å²) in [5.41, 5.74) is 2.79. The number of hydrogen-bond donors (Lipinski definition) is 2. The number of unbranched alkanes of at least 4 members (excludes halogenated alkanes) is 9. The molecule has 146 valence electrons. The molecule has 2 amide bonds. The smallest absolute Gasteiger partial charge is 0.313 e. The number of nitrogens with one attached hydrogen (secondary N) is 2. The number of carbonyl (C=O) groups excluding carboxylic acids is 2. The lowest BCUT2D eigenvalue weighted by molar-refractivity contribution is -0.136. The highest BCUT2D eigenvalue weighted by molar-refractivity contribution is 6.39. The molecule has 1 aromatic carbocycles. The van der Waals surface area contributed by atoms with Crippen LogP contribution in [0.25, 0.3) is 0 Å². The summed E-state index contributed by atoms with van der Waals surface area (Å²) in [5, 5.41) is 5.37. The van der Waals surface area contributed by atoms with Gasteiger partial charge in [-0.25, -0.2) is 0 Å². The van der Waals surface area contributed by atoms with Crippen LogP contribution in [-0.2, 0) is 9.59 Å². The Bertz CT molecular complexity index is 535. The molecule has 26 heavy (non-hydrogen) atoms. The maximum atomic E-state index is 11.9. The minimum absolute atomic E-state index is 0.555. The van der Waals surface area contributed by atoms with Gasteiger partial charge in [0.1, 0.15) is 0 Å². The summed E-state index contributed by atoms with van der Waals surface area (Å²) in [7, 11) is 0. The molecule has 0 aromatic heterocycles. The highest BCUT2D eigenvalue weighted by atomic mass is 16.2. The first-order valence-electron chi connectivity index (χ1n) is 10.2. The fraction of sp³-hybridized carbons (Fsp3) is 0.636. The van der Waals surface area contributed by atoms with Crippen LogP contribution >= 0.6 is 0 Å². The second-order valence-corrected chi connectivity index (χ2v) is 7.27. The predicted molar refractivity (Wildman–Crippen MR) is 109 cm³/mol. The summed E-state index contributed by atoms with van der Waals surface area (Å²) < 4.78 is 0. The summed E-state index contributed by atoms with van der Waals surface area (Å²) in [6.45, 7) is 6.74. The quantitative estimate of drug-likeness (QED) is 0.393. The SMILES string of the molecule is CCCCCCCCCCCCNC(=O)C(=O)Nc1cc(C)cc(C)c1. The van der Waals surface area contributed by atoms with E-state index in [1.807, 2.05) is 32.0 Å². The largest absolute Gasteiger partial charge is 0.348 e. The molecule has 0 spiro atoms. The van der Waals surface area contributed by atoms with Crippen molar-refractivity contribution in [2.45, 2.75) is 85.0 Å². The zero-order valence-corrected chi connectivity index (χ0v) is 16.8. The van der Waals surface area contributed by atoms with E-state index in [2.05, 4.69) is 17.6 Å². The van der Waals surface area contributed by atoms with E-state index < -0.39 is 11.8 Å². The van der Waals surface area contributed by atoms with Crippen molar-refractivity contribution >= 4 is 17.5 Å². The standard InChI is InChI=1S/C22H36N2O2/c1-4-5-6-7-8-9-10-11-12-13-14-23-21(25)22(26)24-20-16-18(2)15-19(3)17-20/h15-17H,4-14H2,1-3H3,(H,23,25)(H,24,26). The van der Waals surface area contributed by atoms with E-state index in [1.165, 1.54) is 51.4 Å². The topological polar surface area (TPSA) is 58.2 Å². The number of aryl methyl sites for hydroxylation is 2. The normalized spacial score (nSPS) is 10.6. The van der Waals surface area contributed by atoms with Crippen LogP contribution in [0.3, 0.4) is 0 Å². The van der Waals surface area contributed by atoms with Crippen molar-refractivity contribution < 1.29 is 9.59 Å². The Kier molecular flexibility index (Phi) is 11.4. The fourth-order valence-corrected chi connectivity index (χ4v) is 3.13. The van der Waals surface area contributed by atoms with Crippen LogP contribution in [0.15, 0.2) is 18.2 Å². The summed E-state index contributed by atoms with van der Waals surface area (Å²) in [4.78, 5) is 23.8. The van der Waals surface area contributed by atoms with Gasteiger partial charge in [-0.3, -0.25) is 9.59 Å². The number of anilines is 1. The zero-order chi connectivity index (χ0) is 19.2. The summed E-state index contributed by atoms with van der Waals surface area (Å²) in [6.07, 6.45) is 12.6. The highest BCUT2D eigenvalue weighted by Gasteiger charge is 2.13. The van der Waals surface area contributed by atoms with Gasteiger partial charge in [0.2, 0.25) is 0 Å². The molecule has 0 aliphatic rings. The molecule has 0 unspecified atom stereocenters. The third kappa shape index (κ3) is 10.2. The van der Waals surface area contributed by atoms with Crippen LogP contribution in [-0.4, -0.2) is 18.4 Å². The molecule has 1 rings (SSSR count). The summed E-state index contributed by atoms with van der Waals surface area (Å²) in [5.74, 6) is -1.15. The Labute approximate surface area is 159 Å². The molecule has 4 nitrogen and oxygen atoms in total. The average molecular weight is 361 g/mol. The van der Waals surface area contributed by atoms with E-state index in [4.69, 9.17) is 0 Å². The summed E-state index contributed by atoms with van der Waals surface area (Å²) >= 11 is 0. The molecule has 4 heteroatoms. The van der Waals surface area contributed by atoms with Gasteiger partial charge in [0, 0.05) is 12.2 Å². The molecule has 0 bridgehead atoms. The van der Waals surface area contributed by atoms with Crippen molar-refractivity contribution in [3.05, 3.63) is 29.3 Å². The number of amides is 2. The molecule has 0 radical (unpaired) electrons. The van der Waals surface area contributed by atoms with Gasteiger partial charge in [-0.05, 0) is 43.5 Å². The molecule has 1 aromatic rings. The van der Waals surface area contributed by atoms with Crippen molar-refractivity contribution in [3.8, 4) is 0 Å². The van der Waals surface area contributed by atoms with Crippen molar-refractivity contribution in [1.29, 1.82) is 0 Å². The van der Waals surface area contributed by atoms with Crippen LogP contribution in [0.5, 0.6) is 0 Å². The van der Waals surface area contributed by atoms with Crippen LogP contribution in [0.4, 0.5) is 5.69 Å². The van der Waals surface area contributed by atoms with Crippen LogP contribution in [0.1, 0.15) is 82.3 Å². The molecule has 0 saturated heterocycles. The van der Waals surface area contributed by atoms with E-state index in [9.17, 15) is 9.59 Å². The fourth-order valence-electron chi connectivity index (χ4n) is 3.13. The van der Waals surface area contributed by atoms with E-state index in [0.717, 1.165) is 24.0 Å². The van der Waals surface area contributed by atoms with Crippen molar-refractivity contribution in [2.24, 2.45) is 0 Å². The molecule has 0 aliphatic heterocycles. The Morgan fingerprint density at radius 2 is 1.23 bits per heavy atom. The van der Waals surface area contributed by atoms with E-state index >= 15 is 0 Å². The molecule has 0 fully saturated rings. The molecule has 2 N–H and O–H groups in total. The number of benzene rings is 1. The van der Waals surface area contributed by atoms with Gasteiger partial charge in [0.15, 0.2) is 0 Å². The lowest BCUT2D eigenvalue weighted by atomic mass is 10.1. The number of rotatable bonds is 12.